The van der Waals surface area contributed by atoms with Gasteiger partial charge in [0, 0.05) is 21.8 Å². The molecule has 0 aliphatic heterocycles. The number of nitrogens with one attached hydrogen (secondary N) is 2. The molecule has 27 heavy (non-hydrogen) atoms. The maximum atomic E-state index is 12.5. The molecular weight excluding hydrogens is 400 g/mol. The minimum atomic E-state index is -0.325. The fourth-order valence-electron chi connectivity index (χ4n) is 2.48. The lowest BCUT2D eigenvalue weighted by molar-refractivity contribution is 0.0982. The number of carbonyl (C=O) groups is 1. The Labute approximate surface area is 172 Å². The van der Waals surface area contributed by atoms with Gasteiger partial charge in [0.15, 0.2) is 5.11 Å². The number of rotatable bonds is 6. The number of carbonyl (C=O) groups excluding carboxylic acids is 1. The van der Waals surface area contributed by atoms with E-state index in [0.717, 1.165) is 34.4 Å². The molecule has 7 heteroatoms. The monoisotopic (exact) mass is 418 g/mol. The molecule has 0 bridgehead atoms. The Morgan fingerprint density at radius 2 is 2.04 bits per heavy atom. The molecular formula is C20H19ClN2O2S2. The van der Waals surface area contributed by atoms with Crippen LogP contribution in [0.1, 0.15) is 29.4 Å². The molecule has 0 aliphatic rings. The Balaban J connectivity index is 1.64. The number of anilines is 1. The highest BCUT2D eigenvalue weighted by Crippen LogP contribution is 2.35. The lowest BCUT2D eigenvalue weighted by Gasteiger charge is -2.11. The predicted octanol–water partition coefficient (Wildman–Crippen LogP) is 5.86. The van der Waals surface area contributed by atoms with Crippen LogP contribution in [0.15, 0.2) is 48.5 Å². The van der Waals surface area contributed by atoms with Crippen molar-refractivity contribution >= 4 is 61.9 Å². The van der Waals surface area contributed by atoms with Crippen LogP contribution in [-0.2, 0) is 0 Å². The van der Waals surface area contributed by atoms with Crippen LogP contribution in [0.5, 0.6) is 5.75 Å². The second-order valence-electron chi connectivity index (χ2n) is 5.88. The highest BCUT2D eigenvalue weighted by Gasteiger charge is 2.17. The molecule has 4 nitrogen and oxygen atoms in total. The maximum absolute atomic E-state index is 12.5. The Morgan fingerprint density at radius 1 is 1.22 bits per heavy atom. The van der Waals surface area contributed by atoms with Gasteiger partial charge in [-0.25, -0.2) is 0 Å². The Kier molecular flexibility index (Phi) is 6.66. The zero-order chi connectivity index (χ0) is 19.2. The summed E-state index contributed by atoms with van der Waals surface area (Å²) in [5.41, 5.74) is 0.747. The van der Waals surface area contributed by atoms with Crippen LogP contribution in [0.4, 0.5) is 5.69 Å². The summed E-state index contributed by atoms with van der Waals surface area (Å²) >= 11 is 13.0. The summed E-state index contributed by atoms with van der Waals surface area (Å²) in [6.45, 7) is 2.79. The van der Waals surface area contributed by atoms with Crippen molar-refractivity contribution in [3.8, 4) is 5.75 Å². The number of hydrogen-bond acceptors (Lipinski definition) is 4. The van der Waals surface area contributed by atoms with E-state index in [9.17, 15) is 4.79 Å². The molecule has 0 radical (unpaired) electrons. The van der Waals surface area contributed by atoms with Crippen LogP contribution in [0.3, 0.4) is 0 Å². The number of ether oxygens (including phenoxy) is 1. The van der Waals surface area contributed by atoms with Gasteiger partial charge in [-0.15, -0.1) is 11.3 Å². The van der Waals surface area contributed by atoms with Gasteiger partial charge < -0.3 is 10.1 Å². The summed E-state index contributed by atoms with van der Waals surface area (Å²) in [6.07, 6.45) is 2.08. The number of benzene rings is 2. The van der Waals surface area contributed by atoms with Gasteiger partial charge in [0.1, 0.15) is 10.6 Å². The van der Waals surface area contributed by atoms with E-state index in [4.69, 9.17) is 28.6 Å². The average Bonchev–Trinajstić information content (AvgIpc) is 2.99. The van der Waals surface area contributed by atoms with Crippen molar-refractivity contribution in [3.05, 3.63) is 58.4 Å². The lowest BCUT2D eigenvalue weighted by atomic mass is 10.2. The zero-order valence-corrected chi connectivity index (χ0v) is 17.1. The molecule has 0 saturated heterocycles. The summed E-state index contributed by atoms with van der Waals surface area (Å²) in [5, 5.41) is 7.21. The van der Waals surface area contributed by atoms with Crippen molar-refractivity contribution in [3.63, 3.8) is 0 Å². The Hall–Kier alpha value is -2.15. The molecule has 0 saturated carbocycles. The molecule has 1 aromatic heterocycles. The highest BCUT2D eigenvalue weighted by molar-refractivity contribution is 7.80. The number of unbranched alkanes of at least 4 members (excludes halogenated alkanes) is 1. The molecule has 3 aromatic rings. The van der Waals surface area contributed by atoms with Gasteiger partial charge in [-0.05, 0) is 36.8 Å². The average molecular weight is 419 g/mol. The third-order valence-electron chi connectivity index (χ3n) is 3.83. The first-order valence-electron chi connectivity index (χ1n) is 8.60. The van der Waals surface area contributed by atoms with Gasteiger partial charge in [-0.2, -0.15) is 0 Å². The normalized spacial score (nSPS) is 10.6. The van der Waals surface area contributed by atoms with E-state index in [1.165, 1.54) is 11.3 Å². The molecule has 2 N–H and O–H groups in total. The number of fused-ring (bicyclic) bond motifs is 1. The van der Waals surface area contributed by atoms with Crippen LogP contribution < -0.4 is 15.4 Å². The number of thiophene rings is 1. The standard InChI is InChI=1S/C20H19ClN2O2S2/c1-2-3-11-25-14-8-6-7-13(12-14)22-20(26)23-19(24)18-17(21)15-9-4-5-10-16(15)27-18/h4-10,12H,2-3,11H2,1H3,(H2,22,23,24,26). The third kappa shape index (κ3) is 4.97. The van der Waals surface area contributed by atoms with Crippen LogP contribution in [0.2, 0.25) is 5.02 Å². The van der Waals surface area contributed by atoms with E-state index in [-0.39, 0.29) is 11.0 Å². The van der Waals surface area contributed by atoms with Gasteiger partial charge in [-0.1, -0.05) is 49.2 Å². The molecule has 3 rings (SSSR count). The van der Waals surface area contributed by atoms with Crippen LogP contribution in [0.25, 0.3) is 10.1 Å². The van der Waals surface area contributed by atoms with E-state index < -0.39 is 0 Å². The van der Waals surface area contributed by atoms with E-state index >= 15 is 0 Å². The molecule has 0 atom stereocenters. The second-order valence-corrected chi connectivity index (χ2v) is 7.72. The molecule has 0 fully saturated rings. The van der Waals surface area contributed by atoms with Gasteiger partial charge in [-0.3, -0.25) is 10.1 Å². The van der Waals surface area contributed by atoms with Gasteiger partial charge in [0.2, 0.25) is 0 Å². The van der Waals surface area contributed by atoms with Crippen molar-refractivity contribution in [2.45, 2.75) is 19.8 Å². The minimum Gasteiger partial charge on any atom is -0.494 e. The number of hydrogen-bond donors (Lipinski definition) is 2. The lowest BCUT2D eigenvalue weighted by Crippen LogP contribution is -2.33. The second kappa shape index (κ2) is 9.17. The van der Waals surface area contributed by atoms with Gasteiger partial charge >= 0.3 is 0 Å². The van der Waals surface area contributed by atoms with Crippen molar-refractivity contribution in [2.75, 3.05) is 11.9 Å². The molecule has 1 amide bonds. The summed E-state index contributed by atoms with van der Waals surface area (Å²) < 4.78 is 6.64. The largest absolute Gasteiger partial charge is 0.494 e. The first-order valence-corrected chi connectivity index (χ1v) is 10.2. The van der Waals surface area contributed by atoms with E-state index in [0.29, 0.717) is 16.5 Å². The van der Waals surface area contributed by atoms with E-state index in [1.807, 2.05) is 48.5 Å². The quantitative estimate of drug-likeness (QED) is 0.388. The molecule has 140 valence electrons. The molecule has 0 aliphatic carbocycles. The predicted molar refractivity (Wildman–Crippen MR) is 117 cm³/mol. The van der Waals surface area contributed by atoms with Crippen LogP contribution in [0, 0.1) is 0 Å². The summed E-state index contributed by atoms with van der Waals surface area (Å²) in [7, 11) is 0. The first kappa shape index (κ1) is 19.6. The molecule has 0 unspecified atom stereocenters. The number of amides is 1. The fourth-order valence-corrected chi connectivity index (χ4v) is 4.10. The molecule has 1 heterocycles. The van der Waals surface area contributed by atoms with Crippen LogP contribution >= 0.6 is 35.2 Å². The zero-order valence-electron chi connectivity index (χ0n) is 14.8. The minimum absolute atomic E-state index is 0.208. The SMILES string of the molecule is CCCCOc1cccc(NC(=S)NC(=O)c2sc3ccccc3c2Cl)c1. The van der Waals surface area contributed by atoms with E-state index in [2.05, 4.69) is 17.6 Å². The van der Waals surface area contributed by atoms with Gasteiger partial charge in [0.05, 0.1) is 11.6 Å². The first-order chi connectivity index (χ1) is 13.1. The third-order valence-corrected chi connectivity index (χ3v) is 5.71. The summed E-state index contributed by atoms with van der Waals surface area (Å²) in [5.74, 6) is 0.434. The highest BCUT2D eigenvalue weighted by atomic mass is 35.5. The Bertz CT molecular complexity index is 972. The van der Waals surface area contributed by atoms with Gasteiger partial charge in [0.25, 0.3) is 5.91 Å². The summed E-state index contributed by atoms with van der Waals surface area (Å²) in [6, 6.07) is 15.1. The van der Waals surface area contributed by atoms with Crippen molar-refractivity contribution in [1.82, 2.24) is 5.32 Å². The van der Waals surface area contributed by atoms with E-state index in [1.54, 1.807) is 0 Å². The van der Waals surface area contributed by atoms with Crippen molar-refractivity contribution in [1.29, 1.82) is 0 Å². The Morgan fingerprint density at radius 3 is 2.81 bits per heavy atom. The number of thiocarbonyl (C=S) groups is 1. The topological polar surface area (TPSA) is 50.4 Å². The van der Waals surface area contributed by atoms with Crippen molar-refractivity contribution < 1.29 is 9.53 Å². The summed E-state index contributed by atoms with van der Waals surface area (Å²) in [4.78, 5) is 13.0. The van der Waals surface area contributed by atoms with Crippen molar-refractivity contribution in [2.24, 2.45) is 0 Å². The molecule has 2 aromatic carbocycles. The maximum Gasteiger partial charge on any atom is 0.269 e. The smallest absolute Gasteiger partial charge is 0.269 e. The molecule has 0 spiro atoms. The van der Waals surface area contributed by atoms with Crippen LogP contribution in [-0.4, -0.2) is 17.6 Å². The number of halogens is 1. The fraction of sp³-hybridized carbons (Fsp3) is 0.200.